The Morgan fingerprint density at radius 3 is 2.53 bits per heavy atom. The Morgan fingerprint density at radius 2 is 1.95 bits per heavy atom. The third-order valence-corrected chi connectivity index (χ3v) is 4.75. The second kappa shape index (κ2) is 7.24. The van der Waals surface area contributed by atoms with Gasteiger partial charge in [-0.3, -0.25) is 4.79 Å². The van der Waals surface area contributed by atoms with Crippen LogP contribution < -0.4 is 0 Å². The highest BCUT2D eigenvalue weighted by Crippen LogP contribution is 2.23. The van der Waals surface area contributed by atoms with E-state index >= 15 is 0 Å². The molecule has 1 rings (SSSR count). The van der Waals surface area contributed by atoms with Crippen LogP contribution in [-0.2, 0) is 14.6 Å². The van der Waals surface area contributed by atoms with Crippen LogP contribution in [0.15, 0.2) is 18.2 Å². The molecule has 0 aliphatic heterocycles. The molecule has 0 radical (unpaired) electrons. The maximum Gasteiger partial charge on any atom is 0.177 e. The SMILES string of the molecule is COCCCS(=O)(=O)CC(=O)c1ccc(Cl)c(Cl)c1. The Morgan fingerprint density at radius 1 is 1.26 bits per heavy atom. The largest absolute Gasteiger partial charge is 0.385 e. The normalized spacial score (nSPS) is 11.5. The molecule has 0 saturated carbocycles. The van der Waals surface area contributed by atoms with Crippen molar-refractivity contribution in [2.24, 2.45) is 0 Å². The standard InChI is InChI=1S/C12H14Cl2O4S/c1-18-5-2-6-19(16,17)8-12(15)9-3-4-10(13)11(14)7-9/h3-4,7H,2,5-6,8H2,1H3. The van der Waals surface area contributed by atoms with Gasteiger partial charge in [-0.15, -0.1) is 0 Å². The van der Waals surface area contributed by atoms with Crippen LogP contribution in [0.2, 0.25) is 10.0 Å². The van der Waals surface area contributed by atoms with Gasteiger partial charge in [0.15, 0.2) is 15.6 Å². The smallest absolute Gasteiger partial charge is 0.177 e. The molecule has 1 aromatic carbocycles. The predicted octanol–water partition coefficient (Wildman–Crippen LogP) is 2.63. The van der Waals surface area contributed by atoms with Crippen molar-refractivity contribution >= 4 is 38.8 Å². The van der Waals surface area contributed by atoms with E-state index in [2.05, 4.69) is 0 Å². The zero-order valence-electron chi connectivity index (χ0n) is 10.4. The third kappa shape index (κ3) is 5.48. The van der Waals surface area contributed by atoms with Crippen molar-refractivity contribution in [3.05, 3.63) is 33.8 Å². The van der Waals surface area contributed by atoms with Crippen LogP contribution in [0.1, 0.15) is 16.8 Å². The molecule has 0 aliphatic carbocycles. The summed E-state index contributed by atoms with van der Waals surface area (Å²) in [5.74, 6) is -1.10. The van der Waals surface area contributed by atoms with Gasteiger partial charge in [0.2, 0.25) is 0 Å². The molecule has 0 fully saturated rings. The van der Waals surface area contributed by atoms with E-state index in [4.69, 9.17) is 27.9 Å². The highest BCUT2D eigenvalue weighted by molar-refractivity contribution is 7.92. The number of ketones is 1. The number of hydrogen-bond acceptors (Lipinski definition) is 4. The number of ether oxygens (including phenoxy) is 1. The van der Waals surface area contributed by atoms with Crippen molar-refractivity contribution in [3.63, 3.8) is 0 Å². The molecule has 19 heavy (non-hydrogen) atoms. The number of benzene rings is 1. The van der Waals surface area contributed by atoms with Gasteiger partial charge in [0, 0.05) is 19.3 Å². The lowest BCUT2D eigenvalue weighted by Gasteiger charge is -2.05. The van der Waals surface area contributed by atoms with Crippen molar-refractivity contribution in [1.82, 2.24) is 0 Å². The lowest BCUT2D eigenvalue weighted by Crippen LogP contribution is -2.19. The number of hydrogen-bond donors (Lipinski definition) is 0. The molecule has 4 nitrogen and oxygen atoms in total. The van der Waals surface area contributed by atoms with E-state index in [1.807, 2.05) is 0 Å². The number of rotatable bonds is 7. The quantitative estimate of drug-likeness (QED) is 0.571. The number of Topliss-reactive ketones (excluding diaryl/α,β-unsaturated/α-hetero) is 1. The van der Waals surface area contributed by atoms with Crippen molar-refractivity contribution in [2.45, 2.75) is 6.42 Å². The molecule has 0 bridgehead atoms. The van der Waals surface area contributed by atoms with Crippen LogP contribution in [-0.4, -0.2) is 39.4 Å². The van der Waals surface area contributed by atoms with Gasteiger partial charge in [-0.05, 0) is 24.6 Å². The number of carbonyl (C=O) groups is 1. The van der Waals surface area contributed by atoms with E-state index in [9.17, 15) is 13.2 Å². The van der Waals surface area contributed by atoms with Crippen molar-refractivity contribution in [1.29, 1.82) is 0 Å². The van der Waals surface area contributed by atoms with Crippen molar-refractivity contribution in [2.75, 3.05) is 25.2 Å². The molecule has 0 N–H and O–H groups in total. The van der Waals surface area contributed by atoms with E-state index in [-0.39, 0.29) is 16.3 Å². The summed E-state index contributed by atoms with van der Waals surface area (Å²) in [5.41, 5.74) is 0.240. The van der Waals surface area contributed by atoms with Crippen LogP contribution in [0.4, 0.5) is 0 Å². The van der Waals surface area contributed by atoms with Crippen LogP contribution in [0.3, 0.4) is 0 Å². The van der Waals surface area contributed by atoms with E-state index in [0.29, 0.717) is 18.1 Å². The van der Waals surface area contributed by atoms with Gasteiger partial charge in [-0.1, -0.05) is 23.2 Å². The summed E-state index contributed by atoms with van der Waals surface area (Å²) in [7, 11) is -1.94. The molecule has 7 heteroatoms. The fourth-order valence-electron chi connectivity index (χ4n) is 1.45. The summed E-state index contributed by atoms with van der Waals surface area (Å²) >= 11 is 11.5. The molecule has 0 aromatic heterocycles. The lowest BCUT2D eigenvalue weighted by molar-refractivity contribution is 0.102. The first-order chi connectivity index (χ1) is 8.85. The Balaban J connectivity index is 2.70. The zero-order chi connectivity index (χ0) is 14.5. The topological polar surface area (TPSA) is 60.4 Å². The number of methoxy groups -OCH3 is 1. The number of carbonyl (C=O) groups excluding carboxylic acids is 1. The summed E-state index contributed by atoms with van der Waals surface area (Å²) in [5, 5.41) is 0.547. The maximum atomic E-state index is 11.8. The van der Waals surface area contributed by atoms with E-state index in [1.165, 1.54) is 25.3 Å². The Kier molecular flexibility index (Phi) is 6.26. The molecule has 106 valence electrons. The van der Waals surface area contributed by atoms with Gasteiger partial charge in [-0.25, -0.2) is 8.42 Å². The van der Waals surface area contributed by atoms with Crippen molar-refractivity contribution in [3.8, 4) is 0 Å². The molecule has 0 heterocycles. The maximum absolute atomic E-state index is 11.8. The molecule has 0 spiro atoms. The Hall–Kier alpha value is -0.620. The van der Waals surface area contributed by atoms with Gasteiger partial charge in [0.25, 0.3) is 0 Å². The Bertz CT molecular complexity index is 555. The average molecular weight is 325 g/mol. The molecule has 0 amide bonds. The fourth-order valence-corrected chi connectivity index (χ4v) is 3.01. The molecule has 1 aromatic rings. The first-order valence-electron chi connectivity index (χ1n) is 5.53. The molecule has 0 atom stereocenters. The van der Waals surface area contributed by atoms with E-state index in [0.717, 1.165) is 0 Å². The predicted molar refractivity (Wildman–Crippen MR) is 75.9 cm³/mol. The van der Waals surface area contributed by atoms with Gasteiger partial charge in [0.05, 0.1) is 15.8 Å². The monoisotopic (exact) mass is 324 g/mol. The second-order valence-corrected chi connectivity index (χ2v) is 6.99. The molecule has 0 unspecified atom stereocenters. The Labute approximate surface area is 122 Å². The summed E-state index contributed by atoms with van der Waals surface area (Å²) in [4.78, 5) is 11.8. The molecular weight excluding hydrogens is 311 g/mol. The number of sulfone groups is 1. The summed E-state index contributed by atoms with van der Waals surface area (Å²) < 4.78 is 28.2. The van der Waals surface area contributed by atoms with E-state index < -0.39 is 21.4 Å². The van der Waals surface area contributed by atoms with Gasteiger partial charge >= 0.3 is 0 Å². The first kappa shape index (κ1) is 16.4. The van der Waals surface area contributed by atoms with Crippen LogP contribution in [0.25, 0.3) is 0 Å². The van der Waals surface area contributed by atoms with Gasteiger partial charge in [-0.2, -0.15) is 0 Å². The lowest BCUT2D eigenvalue weighted by atomic mass is 10.1. The highest BCUT2D eigenvalue weighted by atomic mass is 35.5. The average Bonchev–Trinajstić information content (AvgIpc) is 2.32. The highest BCUT2D eigenvalue weighted by Gasteiger charge is 2.18. The number of halogens is 2. The zero-order valence-corrected chi connectivity index (χ0v) is 12.7. The molecule has 0 saturated heterocycles. The summed E-state index contributed by atoms with van der Waals surface area (Å²) in [6.07, 6.45) is 0.369. The summed E-state index contributed by atoms with van der Waals surface area (Å²) in [6, 6.07) is 4.30. The molecule has 0 aliphatic rings. The van der Waals surface area contributed by atoms with Crippen LogP contribution in [0.5, 0.6) is 0 Å². The van der Waals surface area contributed by atoms with Gasteiger partial charge < -0.3 is 4.74 Å². The van der Waals surface area contributed by atoms with Crippen LogP contribution >= 0.6 is 23.2 Å². The van der Waals surface area contributed by atoms with Crippen LogP contribution in [0, 0.1) is 0 Å². The third-order valence-electron chi connectivity index (χ3n) is 2.40. The summed E-state index contributed by atoms with van der Waals surface area (Å²) in [6.45, 7) is 0.347. The minimum atomic E-state index is -3.43. The molecular formula is C12H14Cl2O4S. The van der Waals surface area contributed by atoms with Crippen molar-refractivity contribution < 1.29 is 17.9 Å². The minimum Gasteiger partial charge on any atom is -0.385 e. The first-order valence-corrected chi connectivity index (χ1v) is 8.11. The van der Waals surface area contributed by atoms with Gasteiger partial charge in [0.1, 0.15) is 5.75 Å². The minimum absolute atomic E-state index is 0.0755. The van der Waals surface area contributed by atoms with E-state index in [1.54, 1.807) is 0 Å². The fraction of sp³-hybridized carbons (Fsp3) is 0.417. The second-order valence-electron chi connectivity index (χ2n) is 3.99.